The predicted molar refractivity (Wildman–Crippen MR) is 98.2 cm³/mol. The number of nitrogens with one attached hydrogen (secondary N) is 1. The van der Waals surface area contributed by atoms with Gasteiger partial charge < -0.3 is 10.2 Å². The molecule has 1 fully saturated rings. The molecule has 0 spiro atoms. The Balaban J connectivity index is 2.09. The van der Waals surface area contributed by atoms with Gasteiger partial charge >= 0.3 is 0 Å². The Hall–Kier alpha value is -1.84. The Morgan fingerprint density at radius 2 is 2.08 bits per heavy atom. The first-order valence-electron chi connectivity index (χ1n) is 9.16. The molecule has 2 rings (SSSR count). The molecule has 2 unspecified atom stereocenters. The van der Waals surface area contributed by atoms with E-state index in [0.717, 1.165) is 43.5 Å². The summed E-state index contributed by atoms with van der Waals surface area (Å²) in [5.41, 5.74) is 2.44. The van der Waals surface area contributed by atoms with Crippen LogP contribution in [0, 0.1) is 12.8 Å². The van der Waals surface area contributed by atoms with Crippen molar-refractivity contribution in [3.63, 3.8) is 0 Å². The molecule has 24 heavy (non-hydrogen) atoms. The van der Waals surface area contributed by atoms with Gasteiger partial charge in [0.1, 0.15) is 0 Å². The van der Waals surface area contributed by atoms with Crippen LogP contribution in [0.25, 0.3) is 0 Å². The predicted octanol–water partition coefficient (Wildman–Crippen LogP) is 4.38. The Labute approximate surface area is 145 Å². The fraction of sp³-hybridized carbons (Fsp3) is 0.600. The lowest BCUT2D eigenvalue weighted by atomic mass is 10.0. The first-order chi connectivity index (χ1) is 11.4. The minimum atomic E-state index is 0.00454. The van der Waals surface area contributed by atoms with Crippen molar-refractivity contribution in [2.45, 2.75) is 65.8 Å². The summed E-state index contributed by atoms with van der Waals surface area (Å²) in [6.07, 6.45) is 5.24. The van der Waals surface area contributed by atoms with E-state index in [0.29, 0.717) is 11.6 Å². The number of hydrogen-bond donors (Lipinski definition) is 1. The fourth-order valence-electron chi connectivity index (χ4n) is 3.32. The van der Waals surface area contributed by atoms with Crippen molar-refractivity contribution < 1.29 is 9.59 Å². The maximum Gasteiger partial charge on any atom is 0.254 e. The van der Waals surface area contributed by atoms with Crippen molar-refractivity contribution in [3.8, 4) is 0 Å². The molecule has 0 bridgehead atoms. The van der Waals surface area contributed by atoms with E-state index < -0.39 is 0 Å². The number of anilines is 1. The quantitative estimate of drug-likeness (QED) is 0.871. The lowest BCUT2D eigenvalue weighted by Crippen LogP contribution is -2.42. The topological polar surface area (TPSA) is 49.4 Å². The summed E-state index contributed by atoms with van der Waals surface area (Å²) in [7, 11) is 0. The molecule has 4 heteroatoms. The van der Waals surface area contributed by atoms with Crippen LogP contribution in [0.2, 0.25) is 0 Å². The van der Waals surface area contributed by atoms with Crippen molar-refractivity contribution in [1.82, 2.24) is 4.90 Å². The van der Waals surface area contributed by atoms with Gasteiger partial charge in [-0.2, -0.15) is 0 Å². The second-order valence-corrected chi connectivity index (χ2v) is 7.05. The Bertz CT molecular complexity index is 597. The third-order valence-corrected chi connectivity index (χ3v) is 4.96. The molecule has 2 atom stereocenters. The summed E-state index contributed by atoms with van der Waals surface area (Å²) >= 11 is 0. The zero-order chi connectivity index (χ0) is 17.7. The zero-order valence-electron chi connectivity index (χ0n) is 15.4. The standard InChI is InChI=1S/C20H30N2O2/c1-5-8-14(2)19(23)21-18-11-10-17(13-15(18)3)20(24)22-12-7-6-9-16(22)4/h10-11,13-14,16H,5-9,12H2,1-4H3,(H,21,23). The van der Waals surface area contributed by atoms with E-state index in [2.05, 4.69) is 19.2 Å². The molecule has 1 N–H and O–H groups in total. The van der Waals surface area contributed by atoms with Crippen molar-refractivity contribution in [1.29, 1.82) is 0 Å². The minimum absolute atomic E-state index is 0.00454. The summed E-state index contributed by atoms with van der Waals surface area (Å²) in [6, 6.07) is 5.88. The molecule has 1 aliphatic heterocycles. The highest BCUT2D eigenvalue weighted by Crippen LogP contribution is 2.23. The number of likely N-dealkylation sites (tertiary alicyclic amines) is 1. The summed E-state index contributed by atoms with van der Waals surface area (Å²) in [4.78, 5) is 26.9. The van der Waals surface area contributed by atoms with Gasteiger partial charge in [0.15, 0.2) is 0 Å². The Morgan fingerprint density at radius 1 is 1.33 bits per heavy atom. The number of carbonyl (C=O) groups is 2. The maximum atomic E-state index is 12.7. The average molecular weight is 330 g/mol. The SMILES string of the molecule is CCCC(C)C(=O)Nc1ccc(C(=O)N2CCCCC2C)cc1C. The van der Waals surface area contributed by atoms with Crippen molar-refractivity contribution in [2.24, 2.45) is 5.92 Å². The third-order valence-electron chi connectivity index (χ3n) is 4.96. The van der Waals surface area contributed by atoms with E-state index in [9.17, 15) is 9.59 Å². The van der Waals surface area contributed by atoms with Crippen LogP contribution in [-0.2, 0) is 4.79 Å². The second kappa shape index (κ2) is 8.32. The summed E-state index contributed by atoms with van der Waals surface area (Å²) in [5, 5.41) is 2.99. The first kappa shape index (κ1) is 18.5. The highest BCUT2D eigenvalue weighted by Gasteiger charge is 2.24. The molecule has 4 nitrogen and oxygen atoms in total. The normalized spacial score (nSPS) is 19.0. The molecule has 1 saturated heterocycles. The number of carbonyl (C=O) groups excluding carboxylic acids is 2. The molecular formula is C20H30N2O2. The zero-order valence-corrected chi connectivity index (χ0v) is 15.4. The third kappa shape index (κ3) is 4.37. The van der Waals surface area contributed by atoms with Crippen LogP contribution < -0.4 is 5.32 Å². The van der Waals surface area contributed by atoms with Crippen LogP contribution in [0.5, 0.6) is 0 Å². The van der Waals surface area contributed by atoms with Gasteiger partial charge in [-0.05, 0) is 63.3 Å². The van der Waals surface area contributed by atoms with E-state index in [4.69, 9.17) is 0 Å². The molecule has 0 aliphatic carbocycles. The fourth-order valence-corrected chi connectivity index (χ4v) is 3.32. The lowest BCUT2D eigenvalue weighted by Gasteiger charge is -2.33. The summed E-state index contributed by atoms with van der Waals surface area (Å²) < 4.78 is 0. The van der Waals surface area contributed by atoms with Crippen LogP contribution in [0.3, 0.4) is 0 Å². The van der Waals surface area contributed by atoms with Crippen molar-refractivity contribution >= 4 is 17.5 Å². The first-order valence-corrected chi connectivity index (χ1v) is 9.16. The number of hydrogen-bond acceptors (Lipinski definition) is 2. The van der Waals surface area contributed by atoms with Gasteiger partial charge in [0.2, 0.25) is 5.91 Å². The van der Waals surface area contributed by atoms with E-state index in [1.54, 1.807) is 0 Å². The molecule has 0 radical (unpaired) electrons. The number of amides is 2. The monoisotopic (exact) mass is 330 g/mol. The van der Waals surface area contributed by atoms with Gasteiger partial charge in [0.25, 0.3) is 5.91 Å². The molecule has 1 heterocycles. The molecule has 0 saturated carbocycles. The number of piperidine rings is 1. The highest BCUT2D eigenvalue weighted by atomic mass is 16.2. The minimum Gasteiger partial charge on any atom is -0.336 e. The molecule has 1 aliphatic rings. The maximum absolute atomic E-state index is 12.7. The smallest absolute Gasteiger partial charge is 0.254 e. The number of aryl methyl sites for hydroxylation is 1. The Morgan fingerprint density at radius 3 is 2.71 bits per heavy atom. The largest absolute Gasteiger partial charge is 0.336 e. The van der Waals surface area contributed by atoms with E-state index >= 15 is 0 Å². The van der Waals surface area contributed by atoms with Gasteiger partial charge in [-0.25, -0.2) is 0 Å². The molecule has 1 aromatic rings. The van der Waals surface area contributed by atoms with Crippen LogP contribution in [0.4, 0.5) is 5.69 Å². The van der Waals surface area contributed by atoms with Crippen LogP contribution >= 0.6 is 0 Å². The molecule has 0 aromatic heterocycles. The van der Waals surface area contributed by atoms with Gasteiger partial charge in [-0.3, -0.25) is 9.59 Å². The van der Waals surface area contributed by atoms with Crippen LogP contribution in [-0.4, -0.2) is 29.3 Å². The van der Waals surface area contributed by atoms with Crippen LogP contribution in [0.1, 0.15) is 68.8 Å². The number of benzene rings is 1. The van der Waals surface area contributed by atoms with E-state index in [1.807, 2.05) is 36.9 Å². The molecule has 1 aromatic carbocycles. The lowest BCUT2D eigenvalue weighted by molar-refractivity contribution is -0.119. The Kier molecular flexibility index (Phi) is 6.41. The second-order valence-electron chi connectivity index (χ2n) is 7.05. The van der Waals surface area contributed by atoms with E-state index in [-0.39, 0.29) is 17.7 Å². The van der Waals surface area contributed by atoms with Crippen molar-refractivity contribution in [2.75, 3.05) is 11.9 Å². The molecular weight excluding hydrogens is 300 g/mol. The average Bonchev–Trinajstić information content (AvgIpc) is 2.56. The molecule has 2 amide bonds. The van der Waals surface area contributed by atoms with E-state index in [1.165, 1.54) is 6.42 Å². The molecule has 132 valence electrons. The van der Waals surface area contributed by atoms with Gasteiger partial charge in [-0.1, -0.05) is 20.3 Å². The number of nitrogens with zero attached hydrogens (tertiary/aromatic N) is 1. The van der Waals surface area contributed by atoms with Crippen LogP contribution in [0.15, 0.2) is 18.2 Å². The van der Waals surface area contributed by atoms with Gasteiger partial charge in [0.05, 0.1) is 0 Å². The summed E-state index contributed by atoms with van der Waals surface area (Å²) in [6.45, 7) is 8.93. The highest BCUT2D eigenvalue weighted by molar-refractivity contribution is 5.97. The summed E-state index contributed by atoms with van der Waals surface area (Å²) in [5.74, 6) is 0.149. The number of rotatable bonds is 5. The van der Waals surface area contributed by atoms with Gasteiger partial charge in [-0.15, -0.1) is 0 Å². The van der Waals surface area contributed by atoms with Gasteiger partial charge in [0, 0.05) is 29.8 Å². The van der Waals surface area contributed by atoms with Crippen molar-refractivity contribution in [3.05, 3.63) is 29.3 Å².